The molecule has 0 bridgehead atoms. The van der Waals surface area contributed by atoms with Crippen molar-refractivity contribution in [3.05, 3.63) is 47.5 Å². The second-order valence-electron chi connectivity index (χ2n) is 5.07. The van der Waals surface area contributed by atoms with E-state index in [1.54, 1.807) is 11.8 Å². The van der Waals surface area contributed by atoms with Gasteiger partial charge in [-0.1, -0.05) is 23.9 Å². The Morgan fingerprint density at radius 2 is 1.86 bits per heavy atom. The molecule has 1 heterocycles. The van der Waals surface area contributed by atoms with E-state index in [0.717, 1.165) is 35.0 Å². The van der Waals surface area contributed by atoms with Crippen molar-refractivity contribution in [2.45, 2.75) is 29.7 Å². The zero-order chi connectivity index (χ0) is 14.7. The normalized spacial score (nSPS) is 13.8. The minimum absolute atomic E-state index is 0.579. The largest absolute Gasteiger partial charge is 0.490 e. The topological polar surface area (TPSA) is 44.5 Å². The average Bonchev–Trinajstić information content (AvgIpc) is 2.74. The van der Waals surface area contributed by atoms with Crippen molar-refractivity contribution in [2.24, 2.45) is 5.73 Å². The highest BCUT2D eigenvalue weighted by molar-refractivity contribution is 7.99. The third-order valence-corrected chi connectivity index (χ3v) is 4.59. The van der Waals surface area contributed by atoms with Crippen LogP contribution in [0, 0.1) is 6.92 Å². The molecule has 0 saturated heterocycles. The Morgan fingerprint density at radius 3 is 2.62 bits per heavy atom. The maximum atomic E-state index is 5.74. The van der Waals surface area contributed by atoms with Gasteiger partial charge in [0.25, 0.3) is 0 Å². The minimum atomic E-state index is 0.579. The molecule has 0 radical (unpaired) electrons. The van der Waals surface area contributed by atoms with Crippen molar-refractivity contribution < 1.29 is 9.47 Å². The summed E-state index contributed by atoms with van der Waals surface area (Å²) in [7, 11) is 0. The van der Waals surface area contributed by atoms with E-state index in [4.69, 9.17) is 15.2 Å². The van der Waals surface area contributed by atoms with Gasteiger partial charge in [0.2, 0.25) is 0 Å². The molecular formula is C17H19NO2S. The van der Waals surface area contributed by atoms with Gasteiger partial charge < -0.3 is 15.2 Å². The number of rotatable bonds is 3. The molecule has 0 aromatic heterocycles. The lowest BCUT2D eigenvalue weighted by molar-refractivity contribution is 0.297. The van der Waals surface area contributed by atoms with E-state index < -0.39 is 0 Å². The van der Waals surface area contributed by atoms with Gasteiger partial charge in [-0.25, -0.2) is 0 Å². The first-order chi connectivity index (χ1) is 10.3. The monoisotopic (exact) mass is 301 g/mol. The number of hydrogen-bond donors (Lipinski definition) is 1. The van der Waals surface area contributed by atoms with Gasteiger partial charge in [-0.05, 0) is 42.3 Å². The third-order valence-electron chi connectivity index (χ3n) is 3.42. The minimum Gasteiger partial charge on any atom is -0.490 e. The average molecular weight is 301 g/mol. The van der Waals surface area contributed by atoms with Gasteiger partial charge in [-0.3, -0.25) is 0 Å². The molecule has 1 aliphatic rings. The summed E-state index contributed by atoms with van der Waals surface area (Å²) in [6.07, 6.45) is 0.927. The summed E-state index contributed by atoms with van der Waals surface area (Å²) in [5.41, 5.74) is 8.08. The summed E-state index contributed by atoms with van der Waals surface area (Å²) in [5.74, 6) is 1.68. The number of ether oxygens (including phenoxy) is 2. The number of hydrogen-bond acceptors (Lipinski definition) is 4. The quantitative estimate of drug-likeness (QED) is 0.937. The predicted octanol–water partition coefficient (Wildman–Crippen LogP) is 3.77. The third kappa shape index (κ3) is 3.34. The fourth-order valence-corrected chi connectivity index (χ4v) is 3.20. The fraction of sp³-hybridized carbons (Fsp3) is 0.294. The van der Waals surface area contributed by atoms with Crippen molar-refractivity contribution in [3.8, 4) is 11.5 Å². The van der Waals surface area contributed by atoms with Crippen LogP contribution < -0.4 is 15.2 Å². The van der Waals surface area contributed by atoms with Crippen molar-refractivity contribution >= 4 is 11.8 Å². The molecule has 0 unspecified atom stereocenters. The van der Waals surface area contributed by atoms with Gasteiger partial charge in [0.15, 0.2) is 11.5 Å². The van der Waals surface area contributed by atoms with Crippen LogP contribution in [-0.4, -0.2) is 13.2 Å². The number of aryl methyl sites for hydroxylation is 1. The lowest BCUT2D eigenvalue weighted by Crippen LogP contribution is -1.97. The summed E-state index contributed by atoms with van der Waals surface area (Å²) in [6, 6.07) is 12.5. The van der Waals surface area contributed by atoms with Gasteiger partial charge in [-0.15, -0.1) is 0 Å². The van der Waals surface area contributed by atoms with E-state index in [0.29, 0.717) is 13.2 Å². The Balaban J connectivity index is 1.83. The summed E-state index contributed by atoms with van der Waals surface area (Å²) in [6.45, 7) is 4.13. The van der Waals surface area contributed by atoms with E-state index in [1.807, 2.05) is 6.07 Å². The summed E-state index contributed by atoms with van der Waals surface area (Å²) in [4.78, 5) is 2.39. The van der Waals surface area contributed by atoms with Crippen molar-refractivity contribution in [2.75, 3.05) is 13.2 Å². The maximum absolute atomic E-state index is 5.74. The Kier molecular flexibility index (Phi) is 4.36. The highest BCUT2D eigenvalue weighted by atomic mass is 32.2. The van der Waals surface area contributed by atoms with Crippen molar-refractivity contribution in [1.29, 1.82) is 0 Å². The van der Waals surface area contributed by atoms with E-state index in [1.165, 1.54) is 10.5 Å². The van der Waals surface area contributed by atoms with Crippen molar-refractivity contribution in [1.82, 2.24) is 0 Å². The number of benzene rings is 2. The van der Waals surface area contributed by atoms with Crippen LogP contribution in [0.5, 0.6) is 11.5 Å². The smallest absolute Gasteiger partial charge is 0.162 e. The van der Waals surface area contributed by atoms with Gasteiger partial charge >= 0.3 is 0 Å². The highest BCUT2D eigenvalue weighted by Crippen LogP contribution is 2.37. The van der Waals surface area contributed by atoms with Crippen LogP contribution in [0.3, 0.4) is 0 Å². The highest BCUT2D eigenvalue weighted by Gasteiger charge is 2.11. The molecule has 21 heavy (non-hydrogen) atoms. The van der Waals surface area contributed by atoms with E-state index >= 15 is 0 Å². The second-order valence-corrected chi connectivity index (χ2v) is 6.18. The van der Waals surface area contributed by atoms with Crippen LogP contribution in [0.2, 0.25) is 0 Å². The number of fused-ring (bicyclic) bond motifs is 1. The summed E-state index contributed by atoms with van der Waals surface area (Å²) in [5, 5.41) is 0. The molecule has 0 fully saturated rings. The Labute approximate surface area is 129 Å². The molecule has 0 atom stereocenters. The molecular weight excluding hydrogens is 282 g/mol. The molecule has 4 heteroatoms. The van der Waals surface area contributed by atoms with Crippen LogP contribution in [0.15, 0.2) is 46.2 Å². The van der Waals surface area contributed by atoms with Gasteiger partial charge in [-0.2, -0.15) is 0 Å². The van der Waals surface area contributed by atoms with Crippen LogP contribution in [0.25, 0.3) is 0 Å². The molecule has 0 aliphatic carbocycles. The SMILES string of the molecule is Cc1cc(CN)ccc1Sc1ccc2c(c1)OCCCO2. The fourth-order valence-electron chi connectivity index (χ4n) is 2.29. The standard InChI is InChI=1S/C17H19NO2S/c1-12-9-13(11-18)3-6-17(12)21-14-4-5-15-16(10-14)20-8-2-7-19-15/h3-6,9-10H,2,7-8,11,18H2,1H3. The molecule has 0 spiro atoms. The Bertz CT molecular complexity index is 643. The first kappa shape index (κ1) is 14.3. The first-order valence-corrected chi connectivity index (χ1v) is 7.95. The van der Waals surface area contributed by atoms with E-state index in [-0.39, 0.29) is 0 Å². The van der Waals surface area contributed by atoms with E-state index in [9.17, 15) is 0 Å². The van der Waals surface area contributed by atoms with Crippen LogP contribution in [-0.2, 0) is 6.54 Å². The molecule has 110 valence electrons. The first-order valence-electron chi connectivity index (χ1n) is 7.13. The molecule has 0 amide bonds. The Hall–Kier alpha value is -1.65. The summed E-state index contributed by atoms with van der Waals surface area (Å²) < 4.78 is 11.4. The zero-order valence-corrected chi connectivity index (χ0v) is 12.9. The number of nitrogens with two attached hydrogens (primary N) is 1. The van der Waals surface area contributed by atoms with Gasteiger partial charge in [0, 0.05) is 22.8 Å². The second kappa shape index (κ2) is 6.41. The van der Waals surface area contributed by atoms with E-state index in [2.05, 4.69) is 37.3 Å². The molecule has 1 aliphatic heterocycles. The maximum Gasteiger partial charge on any atom is 0.162 e. The van der Waals surface area contributed by atoms with Crippen LogP contribution in [0.4, 0.5) is 0 Å². The van der Waals surface area contributed by atoms with Gasteiger partial charge in [0.05, 0.1) is 13.2 Å². The van der Waals surface area contributed by atoms with Crippen LogP contribution in [0.1, 0.15) is 17.5 Å². The van der Waals surface area contributed by atoms with Crippen molar-refractivity contribution in [3.63, 3.8) is 0 Å². The lowest BCUT2D eigenvalue weighted by Gasteiger charge is -2.11. The molecule has 2 aromatic rings. The zero-order valence-electron chi connectivity index (χ0n) is 12.1. The summed E-state index contributed by atoms with van der Waals surface area (Å²) >= 11 is 1.74. The Morgan fingerprint density at radius 1 is 1.05 bits per heavy atom. The van der Waals surface area contributed by atoms with Gasteiger partial charge in [0.1, 0.15) is 0 Å². The molecule has 3 nitrogen and oxygen atoms in total. The molecule has 2 aromatic carbocycles. The molecule has 2 N–H and O–H groups in total. The lowest BCUT2D eigenvalue weighted by atomic mass is 10.1. The molecule has 0 saturated carbocycles. The van der Waals surface area contributed by atoms with Crippen LogP contribution >= 0.6 is 11.8 Å². The predicted molar refractivity (Wildman–Crippen MR) is 85.2 cm³/mol. The molecule has 3 rings (SSSR count).